The van der Waals surface area contributed by atoms with Crippen LogP contribution in [0.5, 0.6) is 0 Å². The summed E-state index contributed by atoms with van der Waals surface area (Å²) >= 11 is 0. The standard InChI is InChI=1S/C11H18N2O3S/c1-4-5-8-13(3)17(14,15)11-7-6-10(16-11)9-12-2/h4,6-7,12H,1,5,8-9H2,2-3H3. The van der Waals surface area contributed by atoms with Crippen LogP contribution in [0.2, 0.25) is 0 Å². The van der Waals surface area contributed by atoms with Crippen LogP contribution < -0.4 is 5.32 Å². The van der Waals surface area contributed by atoms with Crippen molar-refractivity contribution in [3.63, 3.8) is 0 Å². The summed E-state index contributed by atoms with van der Waals surface area (Å²) in [5.74, 6) is 0.600. The molecule has 0 unspecified atom stereocenters. The van der Waals surface area contributed by atoms with E-state index in [0.29, 0.717) is 25.3 Å². The van der Waals surface area contributed by atoms with Gasteiger partial charge in [0.2, 0.25) is 5.09 Å². The zero-order valence-corrected chi connectivity index (χ0v) is 11.0. The summed E-state index contributed by atoms with van der Waals surface area (Å²) in [6, 6.07) is 3.14. The average Bonchev–Trinajstić information content (AvgIpc) is 2.75. The fraction of sp³-hybridized carbons (Fsp3) is 0.455. The molecule has 0 amide bonds. The predicted octanol–water partition coefficient (Wildman–Crippen LogP) is 1.20. The second kappa shape index (κ2) is 6.00. The Morgan fingerprint density at radius 3 is 2.82 bits per heavy atom. The summed E-state index contributed by atoms with van der Waals surface area (Å²) in [7, 11) is -0.220. The van der Waals surface area contributed by atoms with Crippen LogP contribution in [0.25, 0.3) is 0 Å². The van der Waals surface area contributed by atoms with Gasteiger partial charge in [-0.3, -0.25) is 0 Å². The van der Waals surface area contributed by atoms with Gasteiger partial charge in [0.15, 0.2) is 0 Å². The normalized spacial score (nSPS) is 11.9. The van der Waals surface area contributed by atoms with Gasteiger partial charge in [0, 0.05) is 13.6 Å². The molecule has 96 valence electrons. The molecule has 1 rings (SSSR count). The van der Waals surface area contributed by atoms with Gasteiger partial charge < -0.3 is 9.73 Å². The lowest BCUT2D eigenvalue weighted by Crippen LogP contribution is -2.27. The third-order valence-corrected chi connectivity index (χ3v) is 4.03. The summed E-state index contributed by atoms with van der Waals surface area (Å²) in [6.07, 6.45) is 2.29. The first-order valence-electron chi connectivity index (χ1n) is 5.33. The van der Waals surface area contributed by atoms with Crippen molar-refractivity contribution in [2.24, 2.45) is 0 Å². The highest BCUT2D eigenvalue weighted by atomic mass is 32.2. The Bertz CT molecular complexity index is 465. The van der Waals surface area contributed by atoms with E-state index < -0.39 is 10.0 Å². The van der Waals surface area contributed by atoms with E-state index in [9.17, 15) is 8.42 Å². The van der Waals surface area contributed by atoms with Crippen LogP contribution in [0, 0.1) is 0 Å². The van der Waals surface area contributed by atoms with Gasteiger partial charge in [0.1, 0.15) is 5.76 Å². The second-order valence-electron chi connectivity index (χ2n) is 3.65. The molecular formula is C11H18N2O3S. The smallest absolute Gasteiger partial charge is 0.276 e. The SMILES string of the molecule is C=CCCN(C)S(=O)(=O)c1ccc(CNC)o1. The van der Waals surface area contributed by atoms with Gasteiger partial charge in [-0.05, 0) is 25.6 Å². The van der Waals surface area contributed by atoms with Crippen LogP contribution in [0.4, 0.5) is 0 Å². The number of furan rings is 1. The van der Waals surface area contributed by atoms with Crippen molar-refractivity contribution in [2.75, 3.05) is 20.6 Å². The third kappa shape index (κ3) is 3.42. The minimum absolute atomic E-state index is 0.0192. The molecule has 0 aliphatic heterocycles. The van der Waals surface area contributed by atoms with Crippen LogP contribution in [0.1, 0.15) is 12.2 Å². The highest BCUT2D eigenvalue weighted by molar-refractivity contribution is 7.89. The van der Waals surface area contributed by atoms with Crippen molar-refractivity contribution in [3.8, 4) is 0 Å². The molecule has 0 fully saturated rings. The quantitative estimate of drug-likeness (QED) is 0.746. The van der Waals surface area contributed by atoms with Crippen LogP contribution >= 0.6 is 0 Å². The van der Waals surface area contributed by atoms with Crippen molar-refractivity contribution in [2.45, 2.75) is 18.1 Å². The lowest BCUT2D eigenvalue weighted by Gasteiger charge is -2.13. The number of sulfonamides is 1. The van der Waals surface area contributed by atoms with E-state index in [2.05, 4.69) is 11.9 Å². The van der Waals surface area contributed by atoms with Gasteiger partial charge >= 0.3 is 0 Å². The Morgan fingerprint density at radius 2 is 2.24 bits per heavy atom. The summed E-state index contributed by atoms with van der Waals surface area (Å²) in [5.41, 5.74) is 0. The topological polar surface area (TPSA) is 62.6 Å². The Labute approximate surface area is 102 Å². The summed E-state index contributed by atoms with van der Waals surface area (Å²) in [4.78, 5) is 0. The maximum absolute atomic E-state index is 12.0. The lowest BCUT2D eigenvalue weighted by molar-refractivity contribution is 0.384. The maximum atomic E-state index is 12.0. The zero-order chi connectivity index (χ0) is 12.9. The van der Waals surface area contributed by atoms with Crippen LogP contribution in [0.3, 0.4) is 0 Å². The molecule has 17 heavy (non-hydrogen) atoms. The van der Waals surface area contributed by atoms with Crippen molar-refractivity contribution in [1.82, 2.24) is 9.62 Å². The van der Waals surface area contributed by atoms with Crippen molar-refractivity contribution in [1.29, 1.82) is 0 Å². The van der Waals surface area contributed by atoms with Crippen molar-refractivity contribution >= 4 is 10.0 Å². The molecule has 0 aromatic carbocycles. The van der Waals surface area contributed by atoms with Gasteiger partial charge in [-0.25, -0.2) is 8.42 Å². The molecule has 0 aliphatic carbocycles. The van der Waals surface area contributed by atoms with Crippen molar-refractivity contribution < 1.29 is 12.8 Å². The Balaban J connectivity index is 2.84. The first-order chi connectivity index (χ1) is 8.02. The fourth-order valence-electron chi connectivity index (χ4n) is 1.31. The van der Waals surface area contributed by atoms with E-state index in [1.165, 1.54) is 17.4 Å². The minimum atomic E-state index is -3.52. The molecular weight excluding hydrogens is 240 g/mol. The predicted molar refractivity (Wildman–Crippen MR) is 66.1 cm³/mol. The van der Waals surface area contributed by atoms with Crippen LogP contribution in [0.15, 0.2) is 34.3 Å². The Hall–Kier alpha value is -1.11. The molecule has 5 nitrogen and oxygen atoms in total. The molecule has 0 radical (unpaired) electrons. The number of hydrogen-bond donors (Lipinski definition) is 1. The van der Waals surface area contributed by atoms with Gasteiger partial charge in [-0.1, -0.05) is 6.08 Å². The van der Waals surface area contributed by atoms with Gasteiger partial charge in [-0.2, -0.15) is 4.31 Å². The van der Waals surface area contributed by atoms with Gasteiger partial charge in [0.05, 0.1) is 6.54 Å². The van der Waals surface area contributed by atoms with E-state index in [-0.39, 0.29) is 5.09 Å². The largest absolute Gasteiger partial charge is 0.447 e. The number of nitrogens with one attached hydrogen (secondary N) is 1. The Morgan fingerprint density at radius 1 is 1.53 bits per heavy atom. The summed E-state index contributed by atoms with van der Waals surface area (Å²) < 4.78 is 30.6. The van der Waals surface area contributed by atoms with E-state index in [1.54, 1.807) is 19.2 Å². The molecule has 1 aromatic heterocycles. The average molecular weight is 258 g/mol. The molecule has 0 spiro atoms. The highest BCUT2D eigenvalue weighted by Gasteiger charge is 2.23. The molecule has 1 heterocycles. The second-order valence-corrected chi connectivity index (χ2v) is 5.63. The van der Waals surface area contributed by atoms with Gasteiger partial charge in [-0.15, -0.1) is 6.58 Å². The molecule has 0 saturated carbocycles. The molecule has 0 saturated heterocycles. The molecule has 6 heteroatoms. The molecule has 0 atom stereocenters. The number of hydrogen-bond acceptors (Lipinski definition) is 4. The number of nitrogens with zero attached hydrogens (tertiary/aromatic N) is 1. The third-order valence-electron chi connectivity index (χ3n) is 2.30. The molecule has 0 aliphatic rings. The first-order valence-corrected chi connectivity index (χ1v) is 6.77. The number of rotatable bonds is 7. The van der Waals surface area contributed by atoms with E-state index >= 15 is 0 Å². The zero-order valence-electron chi connectivity index (χ0n) is 10.1. The fourth-order valence-corrected chi connectivity index (χ4v) is 2.42. The van der Waals surface area contributed by atoms with E-state index in [0.717, 1.165) is 0 Å². The van der Waals surface area contributed by atoms with Crippen LogP contribution in [-0.4, -0.2) is 33.4 Å². The van der Waals surface area contributed by atoms with E-state index in [4.69, 9.17) is 4.42 Å². The first kappa shape index (κ1) is 14.0. The molecule has 1 aromatic rings. The van der Waals surface area contributed by atoms with Crippen LogP contribution in [-0.2, 0) is 16.6 Å². The Kier molecular flexibility index (Phi) is 4.92. The highest BCUT2D eigenvalue weighted by Crippen LogP contribution is 2.17. The molecule has 0 bridgehead atoms. The van der Waals surface area contributed by atoms with Crippen molar-refractivity contribution in [3.05, 3.63) is 30.5 Å². The maximum Gasteiger partial charge on any atom is 0.276 e. The van der Waals surface area contributed by atoms with E-state index in [1.807, 2.05) is 0 Å². The summed E-state index contributed by atoms with van der Waals surface area (Å²) in [6.45, 7) is 4.47. The summed E-state index contributed by atoms with van der Waals surface area (Å²) in [5, 5.41) is 2.88. The lowest BCUT2D eigenvalue weighted by atomic mass is 10.4. The monoisotopic (exact) mass is 258 g/mol. The molecule has 1 N–H and O–H groups in total. The van der Waals surface area contributed by atoms with Gasteiger partial charge in [0.25, 0.3) is 10.0 Å². The minimum Gasteiger partial charge on any atom is -0.447 e.